The van der Waals surface area contributed by atoms with Crippen molar-refractivity contribution in [1.29, 1.82) is 0 Å². The lowest BCUT2D eigenvalue weighted by Crippen LogP contribution is -2.43. The van der Waals surface area contributed by atoms with E-state index >= 15 is 0 Å². The van der Waals surface area contributed by atoms with Crippen molar-refractivity contribution < 1.29 is 17.9 Å². The van der Waals surface area contributed by atoms with Crippen LogP contribution in [0.2, 0.25) is 0 Å². The number of rotatable bonds is 8. The van der Waals surface area contributed by atoms with Crippen molar-refractivity contribution in [2.45, 2.75) is 31.9 Å². The van der Waals surface area contributed by atoms with Crippen molar-refractivity contribution in [2.75, 3.05) is 20.2 Å². The molecular weight excluding hydrogens is 276 g/mol. The fourth-order valence-electron chi connectivity index (χ4n) is 1.38. The van der Waals surface area contributed by atoms with E-state index in [1.54, 1.807) is 13.8 Å². The molecule has 0 aromatic carbocycles. The first kappa shape index (κ1) is 17.3. The largest absolute Gasteiger partial charge is 0.466 e. The van der Waals surface area contributed by atoms with Crippen LogP contribution in [0.5, 0.6) is 0 Å². The van der Waals surface area contributed by atoms with Gasteiger partial charge in [-0.2, -0.15) is 0 Å². The summed E-state index contributed by atoms with van der Waals surface area (Å²) in [6.07, 6.45) is 0.318. The molecule has 0 fully saturated rings. The van der Waals surface area contributed by atoms with Crippen LogP contribution >= 0.6 is 12.2 Å². The molecule has 0 heterocycles. The predicted molar refractivity (Wildman–Crippen MR) is 73.7 cm³/mol. The SMILES string of the molecule is CCOC(=O)CCN(C)S(=O)(=O)C(CC)C(N)=S. The van der Waals surface area contributed by atoms with Crippen LogP contribution < -0.4 is 5.73 Å². The third-order valence-electron chi connectivity index (χ3n) is 2.42. The maximum Gasteiger partial charge on any atom is 0.307 e. The first-order valence-electron chi connectivity index (χ1n) is 5.67. The molecule has 0 saturated carbocycles. The number of carbonyl (C=O) groups excluding carboxylic acids is 1. The van der Waals surface area contributed by atoms with E-state index in [1.807, 2.05) is 0 Å². The molecule has 1 atom stereocenters. The number of nitrogens with zero attached hydrogens (tertiary/aromatic N) is 1. The Morgan fingerprint density at radius 3 is 2.39 bits per heavy atom. The number of carbonyl (C=O) groups is 1. The molecule has 0 radical (unpaired) electrons. The second kappa shape index (κ2) is 7.65. The van der Waals surface area contributed by atoms with Gasteiger partial charge in [-0.05, 0) is 13.3 Å². The van der Waals surface area contributed by atoms with Gasteiger partial charge >= 0.3 is 5.97 Å². The summed E-state index contributed by atoms with van der Waals surface area (Å²) in [6, 6.07) is 0. The minimum absolute atomic E-state index is 0.0112. The van der Waals surface area contributed by atoms with Crippen molar-refractivity contribution >= 4 is 33.2 Å². The first-order valence-corrected chi connectivity index (χ1v) is 7.58. The second-order valence-corrected chi connectivity index (χ2v) is 6.41. The average Bonchev–Trinajstić information content (AvgIpc) is 2.26. The molecule has 2 N–H and O–H groups in total. The van der Waals surface area contributed by atoms with Crippen molar-refractivity contribution in [3.8, 4) is 0 Å². The number of nitrogens with two attached hydrogens (primary N) is 1. The van der Waals surface area contributed by atoms with Gasteiger partial charge in [0.05, 0.1) is 18.0 Å². The van der Waals surface area contributed by atoms with Gasteiger partial charge in [0.15, 0.2) is 0 Å². The third-order valence-corrected chi connectivity index (χ3v) is 5.21. The van der Waals surface area contributed by atoms with Crippen molar-refractivity contribution in [2.24, 2.45) is 5.73 Å². The smallest absolute Gasteiger partial charge is 0.307 e. The molecule has 0 saturated heterocycles. The fraction of sp³-hybridized carbons (Fsp3) is 0.800. The highest BCUT2D eigenvalue weighted by atomic mass is 32.2. The van der Waals surface area contributed by atoms with Gasteiger partial charge in [0.2, 0.25) is 10.0 Å². The summed E-state index contributed by atoms with van der Waals surface area (Å²) in [5, 5.41) is -0.889. The van der Waals surface area contributed by atoms with E-state index in [4.69, 9.17) is 22.7 Å². The van der Waals surface area contributed by atoms with Crippen molar-refractivity contribution in [1.82, 2.24) is 4.31 Å². The summed E-state index contributed by atoms with van der Waals surface area (Å²) in [7, 11) is -2.20. The fourth-order valence-corrected chi connectivity index (χ4v) is 3.41. The molecule has 6 nitrogen and oxygen atoms in total. The highest BCUT2D eigenvalue weighted by Gasteiger charge is 2.30. The Kier molecular flexibility index (Phi) is 7.34. The number of sulfonamides is 1. The molecule has 0 rings (SSSR count). The minimum Gasteiger partial charge on any atom is -0.466 e. The highest BCUT2D eigenvalue weighted by Crippen LogP contribution is 2.12. The van der Waals surface area contributed by atoms with E-state index < -0.39 is 21.2 Å². The number of thiocarbonyl (C=S) groups is 1. The molecule has 1 unspecified atom stereocenters. The van der Waals surface area contributed by atoms with E-state index in [0.29, 0.717) is 6.42 Å². The van der Waals surface area contributed by atoms with Gasteiger partial charge in [-0.15, -0.1) is 0 Å². The van der Waals surface area contributed by atoms with Gasteiger partial charge in [-0.3, -0.25) is 4.79 Å². The van der Waals surface area contributed by atoms with E-state index in [2.05, 4.69) is 0 Å². The zero-order valence-corrected chi connectivity index (χ0v) is 12.5. The molecule has 0 bridgehead atoms. The molecule has 0 aromatic rings. The maximum atomic E-state index is 12.1. The van der Waals surface area contributed by atoms with Crippen LogP contribution in [-0.2, 0) is 19.6 Å². The van der Waals surface area contributed by atoms with E-state index in [1.165, 1.54) is 7.05 Å². The highest BCUT2D eigenvalue weighted by molar-refractivity contribution is 7.92. The van der Waals surface area contributed by atoms with Crippen LogP contribution in [0.4, 0.5) is 0 Å². The quantitative estimate of drug-likeness (QED) is 0.511. The third kappa shape index (κ3) is 4.87. The summed E-state index contributed by atoms with van der Waals surface area (Å²) in [4.78, 5) is 11.1. The number of ether oxygens (including phenoxy) is 1. The molecule has 0 aliphatic rings. The topological polar surface area (TPSA) is 89.7 Å². The minimum atomic E-state index is -3.60. The predicted octanol–water partition coefficient (Wildman–Crippen LogP) is 0.266. The molecule has 0 aromatic heterocycles. The lowest BCUT2D eigenvalue weighted by molar-refractivity contribution is -0.143. The summed E-state index contributed by atoms with van der Waals surface area (Å²) in [6.45, 7) is 3.72. The Hall–Kier alpha value is -0.730. The summed E-state index contributed by atoms with van der Waals surface area (Å²) >= 11 is 4.74. The van der Waals surface area contributed by atoms with Crippen LogP contribution in [-0.4, -0.2) is 49.1 Å². The second-order valence-electron chi connectivity index (χ2n) is 3.72. The summed E-state index contributed by atoms with van der Waals surface area (Å²) in [5.74, 6) is -0.428. The molecule has 8 heteroatoms. The average molecular weight is 296 g/mol. The number of esters is 1. The Balaban J connectivity index is 4.61. The standard InChI is InChI=1S/C10H20N2O4S2/c1-4-8(10(11)17)18(14,15)12(3)7-6-9(13)16-5-2/h8H,4-7H2,1-3H3,(H2,11,17). The van der Waals surface area contributed by atoms with Crippen molar-refractivity contribution in [3.63, 3.8) is 0 Å². The van der Waals surface area contributed by atoms with Gasteiger partial charge < -0.3 is 10.5 Å². The van der Waals surface area contributed by atoms with Crippen LogP contribution in [0.15, 0.2) is 0 Å². The molecule has 18 heavy (non-hydrogen) atoms. The number of hydrogen-bond acceptors (Lipinski definition) is 5. The van der Waals surface area contributed by atoms with Crippen LogP contribution in [0.1, 0.15) is 26.7 Å². The number of hydrogen-bond donors (Lipinski definition) is 1. The lowest BCUT2D eigenvalue weighted by atomic mass is 10.3. The first-order chi connectivity index (χ1) is 8.27. The molecule has 0 aliphatic carbocycles. The molecular formula is C10H20N2O4S2. The molecule has 106 valence electrons. The van der Waals surface area contributed by atoms with E-state index in [-0.39, 0.29) is 24.6 Å². The summed E-state index contributed by atoms with van der Waals surface area (Å²) in [5.41, 5.74) is 5.41. The zero-order valence-electron chi connectivity index (χ0n) is 10.9. The normalized spacial score (nSPS) is 13.3. The van der Waals surface area contributed by atoms with Gasteiger partial charge in [0.1, 0.15) is 5.25 Å². The Labute approximate surface area is 114 Å². The zero-order chi connectivity index (χ0) is 14.3. The van der Waals surface area contributed by atoms with Gasteiger partial charge in [0.25, 0.3) is 0 Å². The maximum absolute atomic E-state index is 12.1. The Morgan fingerprint density at radius 2 is 2.00 bits per heavy atom. The van der Waals surface area contributed by atoms with Crippen LogP contribution in [0.25, 0.3) is 0 Å². The Morgan fingerprint density at radius 1 is 1.44 bits per heavy atom. The molecule has 0 amide bonds. The van der Waals surface area contributed by atoms with Crippen LogP contribution in [0.3, 0.4) is 0 Å². The van der Waals surface area contributed by atoms with E-state index in [9.17, 15) is 13.2 Å². The lowest BCUT2D eigenvalue weighted by Gasteiger charge is -2.22. The van der Waals surface area contributed by atoms with Gasteiger partial charge in [-0.1, -0.05) is 19.1 Å². The van der Waals surface area contributed by atoms with E-state index in [0.717, 1.165) is 4.31 Å². The Bertz CT molecular complexity index is 395. The van der Waals surface area contributed by atoms with Gasteiger partial charge in [-0.25, -0.2) is 12.7 Å². The van der Waals surface area contributed by atoms with Crippen LogP contribution in [0, 0.1) is 0 Å². The van der Waals surface area contributed by atoms with Crippen molar-refractivity contribution in [3.05, 3.63) is 0 Å². The van der Waals surface area contributed by atoms with Gasteiger partial charge in [0, 0.05) is 13.6 Å². The monoisotopic (exact) mass is 296 g/mol. The molecule has 0 spiro atoms. The molecule has 0 aliphatic heterocycles. The summed E-state index contributed by atoms with van der Waals surface area (Å²) < 4.78 is 30.0.